The molecule has 1 saturated heterocycles. The van der Waals surface area contributed by atoms with Gasteiger partial charge in [-0.2, -0.15) is 8.78 Å². The Morgan fingerprint density at radius 2 is 2.26 bits per heavy atom. The Bertz CT molecular complexity index is 412. The van der Waals surface area contributed by atoms with Crippen LogP contribution in [-0.4, -0.2) is 25.5 Å². The Kier molecular flexibility index (Phi) is 5.27. The van der Waals surface area contributed by atoms with Gasteiger partial charge >= 0.3 is 6.61 Å². The van der Waals surface area contributed by atoms with Gasteiger partial charge < -0.3 is 14.8 Å². The molecule has 0 aromatic heterocycles. The van der Waals surface area contributed by atoms with Crippen molar-refractivity contribution in [1.29, 1.82) is 0 Å². The van der Waals surface area contributed by atoms with E-state index >= 15 is 0 Å². The summed E-state index contributed by atoms with van der Waals surface area (Å²) in [4.78, 5) is 0. The van der Waals surface area contributed by atoms with E-state index in [1.165, 1.54) is 0 Å². The second-order valence-corrected chi connectivity index (χ2v) is 5.29. The molecule has 1 unspecified atom stereocenters. The molecule has 106 valence electrons. The van der Waals surface area contributed by atoms with Crippen LogP contribution in [0.15, 0.2) is 18.2 Å². The van der Waals surface area contributed by atoms with Crippen molar-refractivity contribution in [2.75, 3.05) is 18.9 Å². The number of nitrogens with one attached hydrogen (secondary N) is 1. The Morgan fingerprint density at radius 3 is 2.89 bits per heavy atom. The van der Waals surface area contributed by atoms with Gasteiger partial charge in [0.05, 0.1) is 12.0 Å². The number of alkyl halides is 2. The lowest BCUT2D eigenvalue weighted by Gasteiger charge is -2.24. The number of rotatable bonds is 5. The highest BCUT2D eigenvalue weighted by atomic mass is 32.2. The molecule has 1 atom stereocenters. The highest BCUT2D eigenvalue weighted by Gasteiger charge is 2.18. The van der Waals surface area contributed by atoms with Crippen LogP contribution in [-0.2, 0) is 0 Å². The van der Waals surface area contributed by atoms with E-state index < -0.39 is 6.61 Å². The second kappa shape index (κ2) is 6.96. The number of thioether (sulfide) groups is 1. The number of halogens is 2. The molecule has 0 spiro atoms. The predicted octanol–water partition coefficient (Wildman–Crippen LogP) is 3.41. The number of hydrogen-bond acceptors (Lipinski definition) is 4. The van der Waals surface area contributed by atoms with Crippen molar-refractivity contribution >= 4 is 11.8 Å². The van der Waals surface area contributed by atoms with E-state index in [-0.39, 0.29) is 11.1 Å². The number of ether oxygens (including phenoxy) is 2. The zero-order valence-corrected chi connectivity index (χ0v) is 11.5. The summed E-state index contributed by atoms with van der Waals surface area (Å²) in [5.41, 5.74) is 1.02. The lowest BCUT2D eigenvalue weighted by molar-refractivity contribution is -0.0514. The first kappa shape index (κ1) is 14.4. The molecule has 3 nitrogen and oxygen atoms in total. The second-order valence-electron chi connectivity index (χ2n) is 4.08. The van der Waals surface area contributed by atoms with E-state index in [2.05, 4.69) is 10.1 Å². The fourth-order valence-electron chi connectivity index (χ4n) is 1.93. The fourth-order valence-corrected chi connectivity index (χ4v) is 3.05. The van der Waals surface area contributed by atoms with E-state index in [1.54, 1.807) is 18.2 Å². The number of hydrogen-bond donors (Lipinski definition) is 1. The van der Waals surface area contributed by atoms with Crippen LogP contribution in [0.4, 0.5) is 8.78 Å². The van der Waals surface area contributed by atoms with Crippen molar-refractivity contribution in [2.45, 2.75) is 25.3 Å². The zero-order valence-electron chi connectivity index (χ0n) is 10.7. The van der Waals surface area contributed by atoms with Crippen LogP contribution in [0, 0.1) is 0 Å². The van der Waals surface area contributed by atoms with Gasteiger partial charge in [0, 0.05) is 0 Å². The van der Waals surface area contributed by atoms with E-state index in [4.69, 9.17) is 4.74 Å². The first-order chi connectivity index (χ1) is 9.20. The Labute approximate surface area is 115 Å². The molecule has 1 aromatic rings. The zero-order chi connectivity index (χ0) is 13.7. The van der Waals surface area contributed by atoms with Crippen molar-refractivity contribution in [3.05, 3.63) is 23.8 Å². The van der Waals surface area contributed by atoms with E-state index in [0.29, 0.717) is 12.4 Å². The summed E-state index contributed by atoms with van der Waals surface area (Å²) in [5, 5.41) is 3.57. The minimum atomic E-state index is -2.84. The van der Waals surface area contributed by atoms with Gasteiger partial charge in [0.1, 0.15) is 0 Å². The summed E-state index contributed by atoms with van der Waals surface area (Å²) in [7, 11) is 0. The van der Waals surface area contributed by atoms with Gasteiger partial charge in [-0.05, 0) is 43.3 Å². The molecule has 1 aliphatic heterocycles. The van der Waals surface area contributed by atoms with Gasteiger partial charge in [-0.3, -0.25) is 0 Å². The monoisotopic (exact) mass is 289 g/mol. The Balaban J connectivity index is 2.19. The minimum absolute atomic E-state index is 0.0846. The van der Waals surface area contributed by atoms with Crippen LogP contribution in [0.1, 0.15) is 24.3 Å². The maximum absolute atomic E-state index is 12.3. The van der Waals surface area contributed by atoms with Gasteiger partial charge in [-0.15, -0.1) is 11.8 Å². The normalized spacial score (nSPS) is 19.5. The summed E-state index contributed by atoms with van der Waals surface area (Å²) in [5.74, 6) is 1.55. The molecule has 1 heterocycles. The molecular weight excluding hydrogens is 272 g/mol. The maximum Gasteiger partial charge on any atom is 0.387 e. The third-order valence-electron chi connectivity index (χ3n) is 2.72. The molecule has 0 bridgehead atoms. The largest absolute Gasteiger partial charge is 0.490 e. The Morgan fingerprint density at radius 1 is 1.42 bits per heavy atom. The van der Waals surface area contributed by atoms with Crippen molar-refractivity contribution in [3.63, 3.8) is 0 Å². The molecule has 0 saturated carbocycles. The van der Waals surface area contributed by atoms with Crippen LogP contribution >= 0.6 is 11.8 Å². The smallest absolute Gasteiger partial charge is 0.387 e. The van der Waals surface area contributed by atoms with E-state index in [9.17, 15) is 8.78 Å². The summed E-state index contributed by atoms with van der Waals surface area (Å²) in [6, 6.07) is 5.12. The predicted molar refractivity (Wildman–Crippen MR) is 72.1 cm³/mol. The molecule has 0 amide bonds. The summed E-state index contributed by atoms with van der Waals surface area (Å²) < 4.78 is 34.4. The van der Waals surface area contributed by atoms with Crippen molar-refractivity contribution in [1.82, 2.24) is 5.32 Å². The molecule has 19 heavy (non-hydrogen) atoms. The van der Waals surface area contributed by atoms with Gasteiger partial charge in [0.25, 0.3) is 0 Å². The maximum atomic E-state index is 12.3. The van der Waals surface area contributed by atoms with Crippen LogP contribution < -0.4 is 14.8 Å². The summed E-state index contributed by atoms with van der Waals surface area (Å²) in [6.45, 7) is 0.352. The third kappa shape index (κ3) is 3.98. The average molecular weight is 289 g/mol. The number of benzene rings is 1. The topological polar surface area (TPSA) is 30.5 Å². The van der Waals surface area contributed by atoms with Crippen LogP contribution in [0.25, 0.3) is 0 Å². The summed E-state index contributed by atoms with van der Waals surface area (Å²) in [6.07, 6.45) is 1.14. The third-order valence-corrected chi connectivity index (χ3v) is 4.02. The van der Waals surface area contributed by atoms with Gasteiger partial charge in [0.2, 0.25) is 0 Å². The molecule has 1 aliphatic rings. The quantitative estimate of drug-likeness (QED) is 0.900. The van der Waals surface area contributed by atoms with Gasteiger partial charge in [-0.25, -0.2) is 0 Å². The Hall–Kier alpha value is -1.01. The van der Waals surface area contributed by atoms with Crippen LogP contribution in [0.5, 0.6) is 11.5 Å². The van der Waals surface area contributed by atoms with E-state index in [1.807, 2.05) is 18.7 Å². The van der Waals surface area contributed by atoms with E-state index in [0.717, 1.165) is 24.3 Å². The highest BCUT2D eigenvalue weighted by molar-refractivity contribution is 7.99. The molecule has 0 radical (unpaired) electrons. The molecule has 2 rings (SSSR count). The van der Waals surface area contributed by atoms with Crippen molar-refractivity contribution in [3.8, 4) is 11.5 Å². The average Bonchev–Trinajstić information content (AvgIpc) is 2.41. The summed E-state index contributed by atoms with van der Waals surface area (Å²) >= 11 is 1.81. The van der Waals surface area contributed by atoms with Crippen molar-refractivity contribution in [2.24, 2.45) is 0 Å². The molecule has 1 aromatic carbocycles. The highest BCUT2D eigenvalue weighted by Crippen LogP contribution is 2.36. The molecule has 0 aliphatic carbocycles. The van der Waals surface area contributed by atoms with Gasteiger partial charge in [0.15, 0.2) is 11.5 Å². The van der Waals surface area contributed by atoms with Crippen LogP contribution in [0.2, 0.25) is 0 Å². The fraction of sp³-hybridized carbons (Fsp3) is 0.538. The molecule has 6 heteroatoms. The van der Waals surface area contributed by atoms with Crippen molar-refractivity contribution < 1.29 is 18.3 Å². The minimum Gasteiger partial charge on any atom is -0.490 e. The molecule has 1 N–H and O–H groups in total. The lowest BCUT2D eigenvalue weighted by atomic mass is 10.2. The van der Waals surface area contributed by atoms with Gasteiger partial charge in [-0.1, -0.05) is 6.07 Å². The first-order valence-corrected chi connectivity index (χ1v) is 7.32. The first-order valence-electron chi connectivity index (χ1n) is 6.27. The lowest BCUT2D eigenvalue weighted by Crippen LogP contribution is -2.25. The SMILES string of the molecule is CCOc1cc(C2NCCCS2)ccc1OC(F)F. The molecule has 1 fully saturated rings. The van der Waals surface area contributed by atoms with Crippen LogP contribution in [0.3, 0.4) is 0 Å². The molecular formula is C13H17F2NO2S. The standard InChI is InChI=1S/C13H17F2NO2S/c1-2-17-11-8-9(12-16-6-3-7-19-12)4-5-10(11)18-13(14)15/h4-5,8,12-13,16H,2-3,6-7H2,1H3.